The Morgan fingerprint density at radius 1 is 1.56 bits per heavy atom. The van der Waals surface area contributed by atoms with E-state index in [1.165, 1.54) is 11.0 Å². The van der Waals surface area contributed by atoms with E-state index in [0.717, 1.165) is 0 Å². The average Bonchev–Trinajstić information content (AvgIpc) is 2.82. The van der Waals surface area contributed by atoms with Crippen molar-refractivity contribution in [2.24, 2.45) is 5.92 Å². The molecule has 100 valence electrons. The molecule has 1 aromatic heterocycles. The SMILES string of the molecule is CCOC(=O)/C=C/CNC(c1cccs1)C(C)C. The predicted molar refractivity (Wildman–Crippen MR) is 75.7 cm³/mol. The Hall–Kier alpha value is -1.13. The number of nitrogens with one attached hydrogen (secondary N) is 1. The first-order valence-electron chi connectivity index (χ1n) is 6.25. The quantitative estimate of drug-likeness (QED) is 0.609. The van der Waals surface area contributed by atoms with Gasteiger partial charge in [0.15, 0.2) is 0 Å². The monoisotopic (exact) mass is 267 g/mol. The Morgan fingerprint density at radius 2 is 2.33 bits per heavy atom. The highest BCUT2D eigenvalue weighted by Crippen LogP contribution is 2.25. The summed E-state index contributed by atoms with van der Waals surface area (Å²) in [6.45, 7) is 7.26. The zero-order valence-electron chi connectivity index (χ0n) is 11.2. The summed E-state index contributed by atoms with van der Waals surface area (Å²) in [7, 11) is 0. The maximum absolute atomic E-state index is 11.1. The van der Waals surface area contributed by atoms with Gasteiger partial charge in [0.05, 0.1) is 6.61 Å². The Labute approximate surface area is 113 Å². The average molecular weight is 267 g/mol. The van der Waals surface area contributed by atoms with Crippen LogP contribution < -0.4 is 5.32 Å². The zero-order valence-corrected chi connectivity index (χ0v) is 12.0. The minimum absolute atomic E-state index is 0.281. The van der Waals surface area contributed by atoms with Crippen molar-refractivity contribution in [3.63, 3.8) is 0 Å². The third-order valence-corrected chi connectivity index (χ3v) is 3.47. The molecular weight excluding hydrogens is 246 g/mol. The van der Waals surface area contributed by atoms with Crippen LogP contribution in [0.2, 0.25) is 0 Å². The maximum atomic E-state index is 11.1. The van der Waals surface area contributed by atoms with Crippen LogP contribution in [0.5, 0.6) is 0 Å². The molecule has 1 atom stereocenters. The molecule has 1 heterocycles. The topological polar surface area (TPSA) is 38.3 Å². The summed E-state index contributed by atoms with van der Waals surface area (Å²) < 4.78 is 4.82. The number of esters is 1. The van der Waals surface area contributed by atoms with Crippen LogP contribution in [0, 0.1) is 5.92 Å². The number of carbonyl (C=O) groups excluding carboxylic acids is 1. The first-order chi connectivity index (χ1) is 8.65. The van der Waals surface area contributed by atoms with Gasteiger partial charge in [0.2, 0.25) is 0 Å². The summed E-state index contributed by atoms with van der Waals surface area (Å²) in [5.74, 6) is 0.233. The summed E-state index contributed by atoms with van der Waals surface area (Å²) in [5.41, 5.74) is 0. The fourth-order valence-electron chi connectivity index (χ4n) is 1.67. The molecule has 1 unspecified atom stereocenters. The van der Waals surface area contributed by atoms with Crippen LogP contribution in [0.3, 0.4) is 0 Å². The van der Waals surface area contributed by atoms with Crippen molar-refractivity contribution in [1.82, 2.24) is 5.32 Å². The summed E-state index contributed by atoms with van der Waals surface area (Å²) in [4.78, 5) is 12.4. The first kappa shape index (κ1) is 14.9. The van der Waals surface area contributed by atoms with Crippen molar-refractivity contribution < 1.29 is 9.53 Å². The Morgan fingerprint density at radius 3 is 2.89 bits per heavy atom. The smallest absolute Gasteiger partial charge is 0.330 e. The lowest BCUT2D eigenvalue weighted by atomic mass is 10.0. The van der Waals surface area contributed by atoms with Gasteiger partial charge in [0.1, 0.15) is 0 Å². The second-order valence-corrected chi connectivity index (χ2v) is 5.28. The normalized spacial score (nSPS) is 13.1. The number of carbonyl (C=O) groups is 1. The molecule has 18 heavy (non-hydrogen) atoms. The lowest BCUT2D eigenvalue weighted by Gasteiger charge is -2.20. The predicted octanol–water partition coefficient (Wildman–Crippen LogP) is 3.15. The van der Waals surface area contributed by atoms with Gasteiger partial charge in [-0.2, -0.15) is 0 Å². The van der Waals surface area contributed by atoms with Gasteiger partial charge in [0.25, 0.3) is 0 Å². The van der Waals surface area contributed by atoms with E-state index in [4.69, 9.17) is 4.74 Å². The van der Waals surface area contributed by atoms with E-state index in [9.17, 15) is 4.79 Å². The fourth-order valence-corrected chi connectivity index (χ4v) is 2.65. The molecule has 4 heteroatoms. The molecule has 0 aromatic carbocycles. The van der Waals surface area contributed by atoms with Crippen molar-refractivity contribution in [2.75, 3.05) is 13.2 Å². The van der Waals surface area contributed by atoms with E-state index in [1.54, 1.807) is 24.3 Å². The molecule has 0 aliphatic rings. The van der Waals surface area contributed by atoms with E-state index < -0.39 is 0 Å². The molecule has 0 saturated heterocycles. The molecule has 0 radical (unpaired) electrons. The first-order valence-corrected chi connectivity index (χ1v) is 7.13. The van der Waals surface area contributed by atoms with E-state index in [1.807, 2.05) is 0 Å². The molecule has 0 aliphatic heterocycles. The van der Waals surface area contributed by atoms with Crippen molar-refractivity contribution in [3.05, 3.63) is 34.5 Å². The lowest BCUT2D eigenvalue weighted by Crippen LogP contribution is -2.25. The van der Waals surface area contributed by atoms with E-state index >= 15 is 0 Å². The number of rotatable bonds is 7. The molecule has 1 N–H and O–H groups in total. The molecule has 0 spiro atoms. The third kappa shape index (κ3) is 5.02. The Kier molecular flexibility index (Phi) is 6.68. The van der Waals surface area contributed by atoms with Crippen molar-refractivity contribution in [2.45, 2.75) is 26.8 Å². The summed E-state index contributed by atoms with van der Waals surface area (Å²) in [5, 5.41) is 5.52. The zero-order chi connectivity index (χ0) is 13.4. The maximum Gasteiger partial charge on any atom is 0.330 e. The van der Waals surface area contributed by atoms with E-state index in [-0.39, 0.29) is 5.97 Å². The van der Waals surface area contributed by atoms with Crippen LogP contribution in [-0.2, 0) is 9.53 Å². The highest BCUT2D eigenvalue weighted by molar-refractivity contribution is 7.10. The van der Waals surface area contributed by atoms with E-state index in [2.05, 4.69) is 36.7 Å². The van der Waals surface area contributed by atoms with Crippen LogP contribution in [0.15, 0.2) is 29.7 Å². The minimum atomic E-state index is -0.281. The second kappa shape index (κ2) is 8.06. The molecule has 0 bridgehead atoms. The Bertz CT molecular complexity index is 371. The highest BCUT2D eigenvalue weighted by atomic mass is 32.1. The number of thiophene rings is 1. The van der Waals surface area contributed by atoms with Gasteiger partial charge in [0, 0.05) is 23.5 Å². The van der Waals surface area contributed by atoms with Gasteiger partial charge in [-0.3, -0.25) is 0 Å². The van der Waals surface area contributed by atoms with Crippen LogP contribution >= 0.6 is 11.3 Å². The van der Waals surface area contributed by atoms with Crippen LogP contribution in [0.4, 0.5) is 0 Å². The molecule has 0 saturated carbocycles. The number of hydrogen-bond donors (Lipinski definition) is 1. The molecule has 0 amide bonds. The lowest BCUT2D eigenvalue weighted by molar-refractivity contribution is -0.137. The molecule has 0 aliphatic carbocycles. The van der Waals surface area contributed by atoms with Gasteiger partial charge in [-0.05, 0) is 24.3 Å². The van der Waals surface area contributed by atoms with Gasteiger partial charge in [-0.1, -0.05) is 26.0 Å². The largest absolute Gasteiger partial charge is 0.463 e. The summed E-state index contributed by atoms with van der Waals surface area (Å²) in [6, 6.07) is 4.53. The van der Waals surface area contributed by atoms with Crippen molar-refractivity contribution >= 4 is 17.3 Å². The van der Waals surface area contributed by atoms with Gasteiger partial charge < -0.3 is 10.1 Å². The van der Waals surface area contributed by atoms with E-state index in [0.29, 0.717) is 25.1 Å². The molecule has 3 nitrogen and oxygen atoms in total. The van der Waals surface area contributed by atoms with Gasteiger partial charge >= 0.3 is 5.97 Å². The molecule has 0 fully saturated rings. The summed E-state index contributed by atoms with van der Waals surface area (Å²) in [6.07, 6.45) is 3.28. The standard InChI is InChI=1S/C14H21NO2S/c1-4-17-13(16)8-5-9-15-14(11(2)3)12-7-6-10-18-12/h5-8,10-11,14-15H,4,9H2,1-3H3/b8-5+. The molecular formula is C14H21NO2S. The number of hydrogen-bond acceptors (Lipinski definition) is 4. The molecule has 1 rings (SSSR count). The summed E-state index contributed by atoms with van der Waals surface area (Å²) >= 11 is 1.75. The van der Waals surface area contributed by atoms with Crippen LogP contribution in [0.1, 0.15) is 31.7 Å². The van der Waals surface area contributed by atoms with Crippen molar-refractivity contribution in [3.8, 4) is 0 Å². The van der Waals surface area contributed by atoms with Crippen LogP contribution in [0.25, 0.3) is 0 Å². The van der Waals surface area contributed by atoms with Crippen LogP contribution in [-0.4, -0.2) is 19.1 Å². The third-order valence-electron chi connectivity index (χ3n) is 2.51. The highest BCUT2D eigenvalue weighted by Gasteiger charge is 2.14. The fraction of sp³-hybridized carbons (Fsp3) is 0.500. The number of ether oxygens (including phenoxy) is 1. The second-order valence-electron chi connectivity index (χ2n) is 4.30. The van der Waals surface area contributed by atoms with Crippen molar-refractivity contribution in [1.29, 1.82) is 0 Å². The minimum Gasteiger partial charge on any atom is -0.463 e. The van der Waals surface area contributed by atoms with Gasteiger partial charge in [-0.25, -0.2) is 4.79 Å². The molecule has 1 aromatic rings. The Balaban J connectivity index is 2.42. The van der Waals surface area contributed by atoms with Gasteiger partial charge in [-0.15, -0.1) is 11.3 Å².